The number of hydrogen-bond donors (Lipinski definition) is 0. The van der Waals surface area contributed by atoms with Crippen LogP contribution in [0.25, 0.3) is 0 Å². The first-order chi connectivity index (χ1) is 8.78. The molecule has 0 saturated heterocycles. The summed E-state index contributed by atoms with van der Waals surface area (Å²) < 4.78 is 2.27. The predicted octanol–water partition coefficient (Wildman–Crippen LogP) is 3.61. The highest BCUT2D eigenvalue weighted by Crippen LogP contribution is 2.09. The lowest BCUT2D eigenvalue weighted by atomic mass is 10.0. The predicted molar refractivity (Wildman–Crippen MR) is 75.3 cm³/mol. The summed E-state index contributed by atoms with van der Waals surface area (Å²) in [6.45, 7) is 5.52. The number of benzene rings is 1. The third-order valence-electron chi connectivity index (χ3n) is 3.41. The number of nitrogens with zero attached hydrogens (tertiary/aromatic N) is 1. The molecule has 1 unspecified atom stereocenters. The second kappa shape index (κ2) is 6.34. The fourth-order valence-electron chi connectivity index (χ4n) is 2.14. The molecule has 0 saturated carbocycles. The van der Waals surface area contributed by atoms with Gasteiger partial charge in [0, 0.05) is 17.2 Å². The molecule has 2 aromatic rings. The first-order valence-corrected chi connectivity index (χ1v) is 6.80. The molecule has 1 heteroatoms. The molecule has 0 aliphatic rings. The summed E-state index contributed by atoms with van der Waals surface area (Å²) in [4.78, 5) is 0. The van der Waals surface area contributed by atoms with Gasteiger partial charge in [-0.05, 0) is 18.4 Å². The molecule has 0 fully saturated rings. The minimum Gasteiger partial charge on any atom is -0.201 e. The SMILES string of the molecule is CCC(C)Cc1ccc[n+](Cc2ccccc2)c1. The van der Waals surface area contributed by atoms with Crippen molar-refractivity contribution in [2.45, 2.75) is 33.2 Å². The van der Waals surface area contributed by atoms with Crippen molar-refractivity contribution < 1.29 is 4.57 Å². The Morgan fingerprint density at radius 1 is 1.00 bits per heavy atom. The molecule has 2 rings (SSSR count). The zero-order valence-electron chi connectivity index (χ0n) is 11.3. The lowest BCUT2D eigenvalue weighted by molar-refractivity contribution is -0.688. The lowest BCUT2D eigenvalue weighted by Gasteiger charge is -2.07. The first kappa shape index (κ1) is 12.8. The van der Waals surface area contributed by atoms with Crippen molar-refractivity contribution in [2.75, 3.05) is 0 Å². The normalized spacial score (nSPS) is 12.3. The Balaban J connectivity index is 2.08. The number of aromatic nitrogens is 1. The summed E-state index contributed by atoms with van der Waals surface area (Å²) in [5, 5.41) is 0. The Bertz CT molecular complexity index is 476. The molecule has 1 nitrogen and oxygen atoms in total. The van der Waals surface area contributed by atoms with Crippen molar-refractivity contribution in [3.63, 3.8) is 0 Å². The minimum absolute atomic E-state index is 0.762. The number of hydrogen-bond acceptors (Lipinski definition) is 0. The molecule has 0 N–H and O–H groups in total. The standard InChI is InChI=1S/C17H22N/c1-3-15(2)12-17-10-7-11-18(14-17)13-16-8-5-4-6-9-16/h4-11,14-15H,3,12-13H2,1-2H3/q+1. The summed E-state index contributed by atoms with van der Waals surface area (Å²) in [6.07, 6.45) is 6.84. The van der Waals surface area contributed by atoms with Crippen LogP contribution in [0.4, 0.5) is 0 Å². The van der Waals surface area contributed by atoms with Gasteiger partial charge in [-0.25, -0.2) is 4.57 Å². The Kier molecular flexibility index (Phi) is 4.52. The molecule has 1 aromatic heterocycles. The summed E-state index contributed by atoms with van der Waals surface area (Å²) >= 11 is 0. The lowest BCUT2D eigenvalue weighted by Crippen LogP contribution is -2.33. The molecule has 1 aromatic carbocycles. The fourth-order valence-corrected chi connectivity index (χ4v) is 2.14. The first-order valence-electron chi connectivity index (χ1n) is 6.80. The van der Waals surface area contributed by atoms with Gasteiger partial charge >= 0.3 is 0 Å². The second-order valence-corrected chi connectivity index (χ2v) is 5.09. The van der Waals surface area contributed by atoms with E-state index in [1.54, 1.807) is 0 Å². The highest BCUT2D eigenvalue weighted by Gasteiger charge is 2.06. The summed E-state index contributed by atoms with van der Waals surface area (Å²) in [5.74, 6) is 0.762. The van der Waals surface area contributed by atoms with Crippen LogP contribution in [0.15, 0.2) is 54.9 Å². The van der Waals surface area contributed by atoms with Gasteiger partial charge in [0.25, 0.3) is 0 Å². The van der Waals surface area contributed by atoms with Gasteiger partial charge in [0.1, 0.15) is 0 Å². The highest BCUT2D eigenvalue weighted by molar-refractivity contribution is 5.13. The van der Waals surface area contributed by atoms with Crippen LogP contribution in [-0.2, 0) is 13.0 Å². The maximum absolute atomic E-state index is 2.31. The molecule has 0 spiro atoms. The highest BCUT2D eigenvalue weighted by atomic mass is 14.9. The largest absolute Gasteiger partial charge is 0.201 e. The summed E-state index contributed by atoms with van der Waals surface area (Å²) in [5.41, 5.74) is 2.78. The van der Waals surface area contributed by atoms with E-state index in [2.05, 4.69) is 73.3 Å². The van der Waals surface area contributed by atoms with Crippen LogP contribution in [0.3, 0.4) is 0 Å². The molecule has 0 aliphatic carbocycles. The molecule has 94 valence electrons. The van der Waals surface area contributed by atoms with E-state index >= 15 is 0 Å². The van der Waals surface area contributed by atoms with Crippen LogP contribution in [0.1, 0.15) is 31.4 Å². The van der Waals surface area contributed by atoms with E-state index in [1.165, 1.54) is 24.0 Å². The van der Waals surface area contributed by atoms with Gasteiger partial charge in [-0.1, -0.05) is 50.6 Å². The topological polar surface area (TPSA) is 3.88 Å². The van der Waals surface area contributed by atoms with Crippen molar-refractivity contribution >= 4 is 0 Å². The third-order valence-corrected chi connectivity index (χ3v) is 3.41. The van der Waals surface area contributed by atoms with Crippen LogP contribution in [0, 0.1) is 5.92 Å². The Hall–Kier alpha value is -1.63. The molecule has 1 atom stereocenters. The average Bonchev–Trinajstić information content (AvgIpc) is 2.40. The van der Waals surface area contributed by atoms with Gasteiger partial charge in [0.2, 0.25) is 0 Å². The van der Waals surface area contributed by atoms with E-state index in [9.17, 15) is 0 Å². The van der Waals surface area contributed by atoms with Crippen molar-refractivity contribution in [3.05, 3.63) is 66.0 Å². The quantitative estimate of drug-likeness (QED) is 0.703. The Morgan fingerprint density at radius 3 is 2.44 bits per heavy atom. The van der Waals surface area contributed by atoms with E-state index in [4.69, 9.17) is 0 Å². The van der Waals surface area contributed by atoms with Gasteiger partial charge in [-0.3, -0.25) is 0 Å². The minimum atomic E-state index is 0.762. The monoisotopic (exact) mass is 240 g/mol. The van der Waals surface area contributed by atoms with Crippen LogP contribution in [0.2, 0.25) is 0 Å². The van der Waals surface area contributed by atoms with E-state index in [0.717, 1.165) is 12.5 Å². The zero-order valence-corrected chi connectivity index (χ0v) is 11.3. The van der Waals surface area contributed by atoms with Crippen molar-refractivity contribution in [3.8, 4) is 0 Å². The average molecular weight is 240 g/mol. The van der Waals surface area contributed by atoms with Crippen LogP contribution >= 0.6 is 0 Å². The fraction of sp³-hybridized carbons (Fsp3) is 0.353. The number of pyridine rings is 1. The van der Waals surface area contributed by atoms with Gasteiger partial charge < -0.3 is 0 Å². The van der Waals surface area contributed by atoms with E-state index in [-0.39, 0.29) is 0 Å². The van der Waals surface area contributed by atoms with Crippen LogP contribution in [-0.4, -0.2) is 0 Å². The summed E-state index contributed by atoms with van der Waals surface area (Å²) in [6, 6.07) is 15.0. The van der Waals surface area contributed by atoms with Crippen LogP contribution < -0.4 is 4.57 Å². The molecule has 0 aliphatic heterocycles. The van der Waals surface area contributed by atoms with Gasteiger partial charge in [0.15, 0.2) is 18.9 Å². The molecule has 1 heterocycles. The van der Waals surface area contributed by atoms with Crippen molar-refractivity contribution in [1.82, 2.24) is 0 Å². The van der Waals surface area contributed by atoms with E-state index in [0.29, 0.717) is 0 Å². The third kappa shape index (κ3) is 3.69. The zero-order chi connectivity index (χ0) is 12.8. The van der Waals surface area contributed by atoms with Crippen molar-refractivity contribution in [1.29, 1.82) is 0 Å². The number of rotatable bonds is 5. The second-order valence-electron chi connectivity index (χ2n) is 5.09. The Morgan fingerprint density at radius 2 is 1.72 bits per heavy atom. The van der Waals surface area contributed by atoms with Crippen molar-refractivity contribution in [2.24, 2.45) is 5.92 Å². The smallest absolute Gasteiger partial charge is 0.173 e. The summed E-state index contributed by atoms with van der Waals surface area (Å²) in [7, 11) is 0. The van der Waals surface area contributed by atoms with Crippen LogP contribution in [0.5, 0.6) is 0 Å². The molecular formula is C17H22N+. The molecule has 0 bridgehead atoms. The molecule has 18 heavy (non-hydrogen) atoms. The Labute approximate surface area is 110 Å². The maximum atomic E-state index is 2.31. The van der Waals surface area contributed by atoms with E-state index < -0.39 is 0 Å². The maximum Gasteiger partial charge on any atom is 0.173 e. The van der Waals surface area contributed by atoms with Gasteiger partial charge in [-0.15, -0.1) is 0 Å². The molecule has 0 amide bonds. The van der Waals surface area contributed by atoms with Gasteiger partial charge in [-0.2, -0.15) is 0 Å². The van der Waals surface area contributed by atoms with E-state index in [1.807, 2.05) is 0 Å². The molecule has 0 radical (unpaired) electrons. The van der Waals surface area contributed by atoms with Gasteiger partial charge in [0.05, 0.1) is 0 Å². The molecular weight excluding hydrogens is 218 g/mol.